The average molecular weight is 938 g/mol. The second-order valence-corrected chi connectivity index (χ2v) is 19.3. The quantitative estimate of drug-likeness (QED) is 0.0199. The van der Waals surface area contributed by atoms with E-state index in [1.165, 1.54) is 141 Å². The van der Waals surface area contributed by atoms with Crippen molar-refractivity contribution in [1.82, 2.24) is 0 Å². The van der Waals surface area contributed by atoms with Gasteiger partial charge in [-0.3, -0.25) is 14.4 Å². The molecule has 0 saturated heterocycles. The summed E-state index contributed by atoms with van der Waals surface area (Å²) in [7, 11) is 0. The van der Waals surface area contributed by atoms with Crippen LogP contribution in [0.15, 0.2) is 60.8 Å². The van der Waals surface area contributed by atoms with E-state index in [-0.39, 0.29) is 31.1 Å². The third-order valence-electron chi connectivity index (χ3n) is 12.5. The second kappa shape index (κ2) is 55.7. The lowest BCUT2D eigenvalue weighted by atomic mass is 10.1. The number of esters is 3. The normalized spacial score (nSPS) is 12.5. The smallest absolute Gasteiger partial charge is 0.306 e. The van der Waals surface area contributed by atoms with Gasteiger partial charge in [-0.25, -0.2) is 0 Å². The molecule has 67 heavy (non-hydrogen) atoms. The summed E-state index contributed by atoms with van der Waals surface area (Å²) in [6.07, 6.45) is 69.2. The third-order valence-corrected chi connectivity index (χ3v) is 12.5. The van der Waals surface area contributed by atoms with Crippen molar-refractivity contribution in [1.29, 1.82) is 0 Å². The van der Waals surface area contributed by atoms with E-state index in [4.69, 9.17) is 14.2 Å². The Labute approximate surface area is 415 Å². The minimum Gasteiger partial charge on any atom is -0.462 e. The molecule has 1 atom stereocenters. The zero-order valence-electron chi connectivity index (χ0n) is 44.4. The van der Waals surface area contributed by atoms with Crippen LogP contribution >= 0.6 is 0 Å². The maximum absolute atomic E-state index is 12.8. The molecule has 0 fully saturated rings. The molecule has 0 aliphatic rings. The monoisotopic (exact) mass is 937 g/mol. The largest absolute Gasteiger partial charge is 0.462 e. The molecule has 0 aromatic rings. The lowest BCUT2D eigenvalue weighted by Crippen LogP contribution is -2.30. The molecular formula is C61H108O6. The molecule has 6 nitrogen and oxygen atoms in total. The maximum atomic E-state index is 12.8. The molecule has 6 heteroatoms. The van der Waals surface area contributed by atoms with E-state index in [2.05, 4.69) is 81.5 Å². The fourth-order valence-electron chi connectivity index (χ4n) is 8.13. The summed E-state index contributed by atoms with van der Waals surface area (Å²) in [4.78, 5) is 38.1. The minimum atomic E-state index is -0.795. The summed E-state index contributed by atoms with van der Waals surface area (Å²) in [5, 5.41) is 0. The number of unbranched alkanes of at least 4 members (excludes halogenated alkanes) is 33. The molecule has 0 amide bonds. The minimum absolute atomic E-state index is 0.0927. The fourth-order valence-corrected chi connectivity index (χ4v) is 8.13. The Bertz CT molecular complexity index is 1210. The van der Waals surface area contributed by atoms with E-state index in [9.17, 15) is 14.4 Å². The predicted octanol–water partition coefficient (Wildman–Crippen LogP) is 19.2. The first-order valence-corrected chi connectivity index (χ1v) is 28.8. The molecule has 0 spiro atoms. The standard InChI is InChI=1S/C61H108O6/c1-4-7-10-13-16-19-22-25-27-29-31-33-36-39-42-45-48-51-54-60(63)66-57-58(56-65-59(62)53-50-47-44-41-38-35-24-21-18-15-12-9-6-3)67-61(64)55-52-49-46-43-40-37-34-32-30-28-26-23-20-17-14-11-8-5-2/h27-35,38,58H,4-26,36-37,39-57H2,1-3H3/b29-27-,30-28-,33-31-,34-32-,38-35-. The Morgan fingerprint density at radius 2 is 0.537 bits per heavy atom. The van der Waals surface area contributed by atoms with E-state index in [0.29, 0.717) is 19.3 Å². The highest BCUT2D eigenvalue weighted by atomic mass is 16.6. The number of ether oxygens (including phenoxy) is 3. The van der Waals surface area contributed by atoms with Crippen molar-refractivity contribution in [3.63, 3.8) is 0 Å². The molecule has 0 rings (SSSR count). The molecule has 0 aromatic heterocycles. The summed E-state index contributed by atoms with van der Waals surface area (Å²) in [6.45, 7) is 6.60. The van der Waals surface area contributed by atoms with Gasteiger partial charge in [0.05, 0.1) is 0 Å². The SMILES string of the molecule is CCCCCCCC/C=C\CCCCCC(=O)OCC(COC(=O)CCCCCCC/C=C\C=C/CCCCCCCCC)OC(=O)CCCCCCC/C=C\C=C/CCCCCCCCC. The first-order chi connectivity index (χ1) is 33.0. The highest BCUT2D eigenvalue weighted by Gasteiger charge is 2.19. The van der Waals surface area contributed by atoms with E-state index in [1.807, 2.05) is 0 Å². The molecule has 0 aromatic carbocycles. The van der Waals surface area contributed by atoms with Crippen molar-refractivity contribution in [2.75, 3.05) is 13.2 Å². The van der Waals surface area contributed by atoms with Crippen LogP contribution in [0.2, 0.25) is 0 Å². The van der Waals surface area contributed by atoms with Gasteiger partial charge < -0.3 is 14.2 Å². The van der Waals surface area contributed by atoms with Gasteiger partial charge in [-0.1, -0.05) is 236 Å². The van der Waals surface area contributed by atoms with Gasteiger partial charge in [0, 0.05) is 19.3 Å². The van der Waals surface area contributed by atoms with E-state index in [0.717, 1.165) is 109 Å². The van der Waals surface area contributed by atoms with Gasteiger partial charge in [0.2, 0.25) is 0 Å². The van der Waals surface area contributed by atoms with Crippen LogP contribution in [0.25, 0.3) is 0 Å². The Balaban J connectivity index is 4.43. The highest BCUT2D eigenvalue weighted by molar-refractivity contribution is 5.71. The van der Waals surface area contributed by atoms with Gasteiger partial charge >= 0.3 is 17.9 Å². The van der Waals surface area contributed by atoms with Crippen molar-refractivity contribution in [3.8, 4) is 0 Å². The Kier molecular flexibility index (Phi) is 53.3. The van der Waals surface area contributed by atoms with Gasteiger partial charge in [0.15, 0.2) is 6.10 Å². The fraction of sp³-hybridized carbons (Fsp3) is 0.787. The van der Waals surface area contributed by atoms with Gasteiger partial charge in [0.25, 0.3) is 0 Å². The Hall–Kier alpha value is -2.89. The molecular weight excluding hydrogens is 829 g/mol. The van der Waals surface area contributed by atoms with Crippen LogP contribution in [-0.2, 0) is 28.6 Å². The summed E-state index contributed by atoms with van der Waals surface area (Å²) < 4.78 is 16.8. The number of rotatable bonds is 52. The molecule has 0 aliphatic heterocycles. The number of carbonyl (C=O) groups excluding carboxylic acids is 3. The maximum Gasteiger partial charge on any atom is 0.306 e. The lowest BCUT2D eigenvalue weighted by molar-refractivity contribution is -0.167. The van der Waals surface area contributed by atoms with E-state index in [1.54, 1.807) is 0 Å². The zero-order chi connectivity index (χ0) is 48.6. The molecule has 1 unspecified atom stereocenters. The molecule has 0 N–H and O–H groups in total. The summed E-state index contributed by atoms with van der Waals surface area (Å²) in [6, 6.07) is 0. The van der Waals surface area contributed by atoms with Crippen LogP contribution in [0.3, 0.4) is 0 Å². The first kappa shape index (κ1) is 64.1. The molecule has 388 valence electrons. The molecule has 0 aliphatic carbocycles. The topological polar surface area (TPSA) is 78.9 Å². The van der Waals surface area contributed by atoms with Gasteiger partial charge in [-0.05, 0) is 96.3 Å². The molecule has 0 radical (unpaired) electrons. The van der Waals surface area contributed by atoms with E-state index >= 15 is 0 Å². The summed E-state index contributed by atoms with van der Waals surface area (Å²) >= 11 is 0. The predicted molar refractivity (Wildman–Crippen MR) is 288 cm³/mol. The molecule has 0 heterocycles. The van der Waals surface area contributed by atoms with Crippen molar-refractivity contribution in [2.24, 2.45) is 0 Å². The van der Waals surface area contributed by atoms with Gasteiger partial charge in [-0.2, -0.15) is 0 Å². The van der Waals surface area contributed by atoms with Gasteiger partial charge in [-0.15, -0.1) is 0 Å². The number of hydrogen-bond acceptors (Lipinski definition) is 6. The Morgan fingerprint density at radius 3 is 0.851 bits per heavy atom. The van der Waals surface area contributed by atoms with Crippen molar-refractivity contribution < 1.29 is 28.6 Å². The van der Waals surface area contributed by atoms with Gasteiger partial charge in [0.1, 0.15) is 13.2 Å². The average Bonchev–Trinajstić information content (AvgIpc) is 3.33. The zero-order valence-corrected chi connectivity index (χ0v) is 44.4. The Morgan fingerprint density at radius 1 is 0.299 bits per heavy atom. The van der Waals surface area contributed by atoms with Crippen LogP contribution in [0.5, 0.6) is 0 Å². The lowest BCUT2D eigenvalue weighted by Gasteiger charge is -2.18. The van der Waals surface area contributed by atoms with Crippen molar-refractivity contribution in [3.05, 3.63) is 60.8 Å². The molecule has 0 saturated carbocycles. The molecule has 0 bridgehead atoms. The van der Waals surface area contributed by atoms with Crippen LogP contribution in [0.1, 0.15) is 290 Å². The van der Waals surface area contributed by atoms with Crippen LogP contribution < -0.4 is 0 Å². The summed E-state index contributed by atoms with van der Waals surface area (Å²) in [5.74, 6) is -0.928. The second-order valence-electron chi connectivity index (χ2n) is 19.3. The van der Waals surface area contributed by atoms with E-state index < -0.39 is 6.10 Å². The number of carbonyl (C=O) groups is 3. The van der Waals surface area contributed by atoms with Crippen LogP contribution in [0, 0.1) is 0 Å². The van der Waals surface area contributed by atoms with Crippen molar-refractivity contribution >= 4 is 17.9 Å². The van der Waals surface area contributed by atoms with Crippen molar-refractivity contribution in [2.45, 2.75) is 297 Å². The number of allylic oxidation sites excluding steroid dienone is 10. The highest BCUT2D eigenvalue weighted by Crippen LogP contribution is 2.14. The van der Waals surface area contributed by atoms with Crippen LogP contribution in [0.4, 0.5) is 0 Å². The summed E-state index contributed by atoms with van der Waals surface area (Å²) in [5.41, 5.74) is 0. The first-order valence-electron chi connectivity index (χ1n) is 28.8. The van der Waals surface area contributed by atoms with Crippen LogP contribution in [-0.4, -0.2) is 37.2 Å². The third kappa shape index (κ3) is 53.9. The number of hydrogen-bond donors (Lipinski definition) is 0.